The minimum absolute atomic E-state index is 0.0576. The number of nitrogens with one attached hydrogen (secondary N) is 2. The fourth-order valence-corrected chi connectivity index (χ4v) is 2.64. The third-order valence-electron chi connectivity index (χ3n) is 4.08. The van der Waals surface area contributed by atoms with E-state index in [-0.39, 0.29) is 24.3 Å². The molecule has 0 radical (unpaired) electrons. The second-order valence-corrected chi connectivity index (χ2v) is 6.14. The molecule has 1 unspecified atom stereocenters. The Morgan fingerprint density at radius 2 is 1.88 bits per heavy atom. The van der Waals surface area contributed by atoms with Gasteiger partial charge in [0, 0.05) is 18.2 Å². The van der Waals surface area contributed by atoms with E-state index in [1.165, 1.54) is 20.3 Å². The molecule has 0 aliphatic rings. The number of ether oxygens (including phenoxy) is 2. The largest absolute Gasteiger partial charge is 0.493 e. The molecule has 2 amide bonds. The van der Waals surface area contributed by atoms with Crippen LogP contribution in [-0.4, -0.2) is 37.8 Å². The average Bonchev–Trinajstić information content (AvgIpc) is 2.61. The van der Waals surface area contributed by atoms with Crippen LogP contribution >= 0.6 is 0 Å². The van der Waals surface area contributed by atoms with Gasteiger partial charge in [-0.05, 0) is 25.8 Å². The van der Waals surface area contributed by atoms with Crippen molar-refractivity contribution in [3.05, 3.63) is 27.8 Å². The van der Waals surface area contributed by atoms with Crippen molar-refractivity contribution in [2.24, 2.45) is 0 Å². The number of methoxy groups -OCH3 is 2. The first-order chi connectivity index (χ1) is 12.4. The number of carbonyl (C=O) groups excluding carboxylic acids is 1. The number of carbonyl (C=O) groups is 1. The van der Waals surface area contributed by atoms with Gasteiger partial charge in [-0.15, -0.1) is 0 Å². The SMILES string of the molecule is CCCCCC(C)NC(=O)NCCc1cc(OC)c(OC)cc1[N+](=O)[O-]. The molecule has 0 fully saturated rings. The van der Waals surface area contributed by atoms with Crippen molar-refractivity contribution in [1.29, 1.82) is 0 Å². The summed E-state index contributed by atoms with van der Waals surface area (Å²) in [5.41, 5.74) is 0.418. The minimum atomic E-state index is -0.465. The summed E-state index contributed by atoms with van der Waals surface area (Å²) in [6, 6.07) is 2.74. The van der Waals surface area contributed by atoms with Gasteiger partial charge >= 0.3 is 6.03 Å². The maximum Gasteiger partial charge on any atom is 0.315 e. The van der Waals surface area contributed by atoms with E-state index in [4.69, 9.17) is 9.47 Å². The summed E-state index contributed by atoms with van der Waals surface area (Å²) >= 11 is 0. The van der Waals surface area contributed by atoms with E-state index in [1.807, 2.05) is 6.92 Å². The van der Waals surface area contributed by atoms with Crippen molar-refractivity contribution in [3.8, 4) is 11.5 Å². The molecule has 146 valence electrons. The fraction of sp³-hybridized carbons (Fsp3) is 0.611. The molecule has 1 aromatic carbocycles. The molecular weight excluding hydrogens is 338 g/mol. The van der Waals surface area contributed by atoms with Gasteiger partial charge in [-0.3, -0.25) is 10.1 Å². The molecule has 0 bridgehead atoms. The molecule has 1 atom stereocenters. The highest BCUT2D eigenvalue weighted by atomic mass is 16.6. The first-order valence-electron chi connectivity index (χ1n) is 8.86. The van der Waals surface area contributed by atoms with E-state index in [2.05, 4.69) is 17.6 Å². The van der Waals surface area contributed by atoms with Gasteiger partial charge in [0.25, 0.3) is 5.69 Å². The monoisotopic (exact) mass is 367 g/mol. The zero-order valence-electron chi connectivity index (χ0n) is 16.0. The van der Waals surface area contributed by atoms with Crippen LogP contribution < -0.4 is 20.1 Å². The van der Waals surface area contributed by atoms with Gasteiger partial charge in [0.2, 0.25) is 0 Å². The Balaban J connectivity index is 2.61. The Labute approximate surface area is 154 Å². The molecule has 2 N–H and O–H groups in total. The third-order valence-corrected chi connectivity index (χ3v) is 4.08. The fourth-order valence-electron chi connectivity index (χ4n) is 2.64. The average molecular weight is 367 g/mol. The molecule has 0 aliphatic carbocycles. The van der Waals surface area contributed by atoms with Crippen LogP contribution in [0.3, 0.4) is 0 Å². The van der Waals surface area contributed by atoms with Gasteiger partial charge in [0.15, 0.2) is 11.5 Å². The summed E-state index contributed by atoms with van der Waals surface area (Å²) in [7, 11) is 2.90. The first-order valence-corrected chi connectivity index (χ1v) is 8.86. The van der Waals surface area contributed by atoms with Crippen LogP contribution in [0.15, 0.2) is 12.1 Å². The van der Waals surface area contributed by atoms with Crippen molar-refractivity contribution in [3.63, 3.8) is 0 Å². The molecule has 8 nitrogen and oxygen atoms in total. The lowest BCUT2D eigenvalue weighted by Crippen LogP contribution is -2.41. The minimum Gasteiger partial charge on any atom is -0.493 e. The van der Waals surface area contributed by atoms with Crippen LogP contribution in [0.2, 0.25) is 0 Å². The number of urea groups is 1. The summed E-state index contributed by atoms with van der Waals surface area (Å²) in [6.45, 7) is 4.39. The number of nitro benzene ring substituents is 1. The second-order valence-electron chi connectivity index (χ2n) is 6.14. The molecule has 0 saturated carbocycles. The maximum absolute atomic E-state index is 11.9. The van der Waals surface area contributed by atoms with Crippen molar-refractivity contribution < 1.29 is 19.2 Å². The molecule has 0 spiro atoms. The number of rotatable bonds is 11. The molecule has 0 aromatic heterocycles. The highest BCUT2D eigenvalue weighted by Crippen LogP contribution is 2.34. The number of benzene rings is 1. The van der Waals surface area contributed by atoms with Crippen LogP contribution in [0, 0.1) is 10.1 Å². The molecule has 26 heavy (non-hydrogen) atoms. The number of unbranched alkanes of at least 4 members (excludes halogenated alkanes) is 2. The highest BCUT2D eigenvalue weighted by Gasteiger charge is 2.19. The Hall–Kier alpha value is -2.51. The standard InChI is InChI=1S/C18H29N3O5/c1-5-6-7-8-13(2)20-18(22)19-10-9-14-11-16(25-3)17(26-4)12-15(14)21(23)24/h11-13H,5-10H2,1-4H3,(H2,19,20,22). The number of amides is 2. The summed E-state index contributed by atoms with van der Waals surface area (Å²) in [5, 5.41) is 16.9. The second kappa shape index (κ2) is 11.2. The summed E-state index contributed by atoms with van der Waals surface area (Å²) in [5.74, 6) is 0.719. The Kier molecular flexibility index (Phi) is 9.25. The van der Waals surface area contributed by atoms with Crippen molar-refractivity contribution in [2.75, 3.05) is 20.8 Å². The predicted octanol–water partition coefficient (Wildman–Crippen LogP) is 3.42. The molecule has 8 heteroatoms. The van der Waals surface area contributed by atoms with E-state index in [0.717, 1.165) is 25.7 Å². The number of hydrogen-bond donors (Lipinski definition) is 2. The van der Waals surface area contributed by atoms with Gasteiger partial charge in [-0.25, -0.2) is 4.79 Å². The zero-order valence-corrected chi connectivity index (χ0v) is 16.0. The van der Waals surface area contributed by atoms with Crippen molar-refractivity contribution in [1.82, 2.24) is 10.6 Å². The smallest absolute Gasteiger partial charge is 0.315 e. The Morgan fingerprint density at radius 1 is 1.23 bits per heavy atom. The van der Waals surface area contributed by atoms with Gasteiger partial charge in [0.05, 0.1) is 25.2 Å². The Morgan fingerprint density at radius 3 is 2.46 bits per heavy atom. The van der Waals surface area contributed by atoms with Crippen molar-refractivity contribution in [2.45, 2.75) is 52.0 Å². The molecule has 1 rings (SSSR count). The van der Waals surface area contributed by atoms with Crippen molar-refractivity contribution >= 4 is 11.7 Å². The Bertz CT molecular complexity index is 607. The zero-order chi connectivity index (χ0) is 19.5. The van der Waals surface area contributed by atoms with Gasteiger partial charge in [-0.2, -0.15) is 0 Å². The summed E-state index contributed by atoms with van der Waals surface area (Å²) < 4.78 is 10.3. The van der Waals surface area contributed by atoms with Crippen LogP contribution in [0.1, 0.15) is 45.1 Å². The first kappa shape index (κ1) is 21.5. The van der Waals surface area contributed by atoms with Gasteiger partial charge in [0.1, 0.15) is 0 Å². The summed E-state index contributed by atoms with van der Waals surface area (Å²) in [6.07, 6.45) is 4.62. The van der Waals surface area contributed by atoms with Gasteiger partial charge in [-0.1, -0.05) is 26.2 Å². The van der Waals surface area contributed by atoms with E-state index < -0.39 is 4.92 Å². The van der Waals surface area contributed by atoms with E-state index in [0.29, 0.717) is 23.5 Å². The van der Waals surface area contributed by atoms with E-state index >= 15 is 0 Å². The summed E-state index contributed by atoms with van der Waals surface area (Å²) in [4.78, 5) is 22.7. The number of nitrogens with zero attached hydrogens (tertiary/aromatic N) is 1. The quantitative estimate of drug-likeness (QED) is 0.354. The molecule has 0 saturated heterocycles. The maximum atomic E-state index is 11.9. The third kappa shape index (κ3) is 6.78. The van der Waals surface area contributed by atoms with Gasteiger partial charge < -0.3 is 20.1 Å². The predicted molar refractivity (Wildman–Crippen MR) is 100 cm³/mol. The lowest BCUT2D eigenvalue weighted by Gasteiger charge is -2.15. The topological polar surface area (TPSA) is 103 Å². The van der Waals surface area contributed by atoms with Crippen LogP contribution in [-0.2, 0) is 6.42 Å². The molecule has 0 heterocycles. The molecule has 0 aliphatic heterocycles. The molecule has 1 aromatic rings. The van der Waals surface area contributed by atoms with E-state index in [9.17, 15) is 14.9 Å². The van der Waals surface area contributed by atoms with Crippen LogP contribution in [0.25, 0.3) is 0 Å². The van der Waals surface area contributed by atoms with Crippen LogP contribution in [0.4, 0.5) is 10.5 Å². The van der Waals surface area contributed by atoms with E-state index in [1.54, 1.807) is 6.07 Å². The number of hydrogen-bond acceptors (Lipinski definition) is 5. The highest BCUT2D eigenvalue weighted by molar-refractivity contribution is 5.74. The number of nitro groups is 1. The lowest BCUT2D eigenvalue weighted by atomic mass is 10.1. The normalized spacial score (nSPS) is 11.5. The lowest BCUT2D eigenvalue weighted by molar-refractivity contribution is -0.385. The van der Waals surface area contributed by atoms with Crippen LogP contribution in [0.5, 0.6) is 11.5 Å². The molecular formula is C18H29N3O5.